The largest absolute Gasteiger partial charge is 0.416 e. The lowest BCUT2D eigenvalue weighted by atomic mass is 9.96. The lowest BCUT2D eigenvalue weighted by Crippen LogP contribution is -2.46. The van der Waals surface area contributed by atoms with Crippen LogP contribution in [0.3, 0.4) is 0 Å². The molecule has 0 bridgehead atoms. The molecule has 0 saturated heterocycles. The zero-order valence-corrected chi connectivity index (χ0v) is 20.2. The van der Waals surface area contributed by atoms with Gasteiger partial charge in [-0.15, -0.1) is 0 Å². The summed E-state index contributed by atoms with van der Waals surface area (Å²) in [4.78, 5) is 13.8. The van der Waals surface area contributed by atoms with Crippen LogP contribution in [0.5, 0.6) is 5.75 Å². The fraction of sp³-hybridized carbons (Fsp3) is 0.458. The number of nitrogens with zero attached hydrogens (tertiary/aromatic N) is 1. The molecule has 1 aliphatic carbocycles. The average molecular weight is 515 g/mol. The summed E-state index contributed by atoms with van der Waals surface area (Å²) in [5.41, 5.74) is -0.358. The van der Waals surface area contributed by atoms with Crippen molar-refractivity contribution in [1.82, 2.24) is 10.2 Å². The lowest BCUT2D eigenvalue weighted by Gasteiger charge is -2.28. The molecule has 0 aliphatic heterocycles. The van der Waals surface area contributed by atoms with Crippen molar-refractivity contribution in [2.24, 2.45) is 0 Å². The van der Waals surface area contributed by atoms with E-state index < -0.39 is 26.8 Å². The van der Waals surface area contributed by atoms with Crippen LogP contribution in [0.4, 0.5) is 18.0 Å². The van der Waals surface area contributed by atoms with Crippen LogP contribution < -0.4 is 9.50 Å². The van der Waals surface area contributed by atoms with Crippen LogP contribution in [0.25, 0.3) is 0 Å². The number of hydrogen-bond acceptors (Lipinski definition) is 5. The maximum Gasteiger partial charge on any atom is 0.416 e. The van der Waals surface area contributed by atoms with Crippen LogP contribution in [0, 0.1) is 0 Å². The van der Waals surface area contributed by atoms with Gasteiger partial charge in [-0.05, 0) is 48.7 Å². The predicted molar refractivity (Wildman–Crippen MR) is 123 cm³/mol. The number of halogens is 3. The molecular formula is C24H29F3N2O5S. The molecule has 1 saturated carbocycles. The highest BCUT2D eigenvalue weighted by Crippen LogP contribution is 2.31. The molecule has 0 atom stereocenters. The molecular weight excluding hydrogens is 485 g/mol. The molecule has 1 N–H and O–H groups in total. The number of urea groups is 1. The van der Waals surface area contributed by atoms with Crippen molar-refractivity contribution in [2.75, 3.05) is 20.3 Å². The number of benzene rings is 2. The highest BCUT2D eigenvalue weighted by Gasteiger charge is 2.32. The molecule has 11 heteroatoms. The van der Waals surface area contributed by atoms with Crippen molar-refractivity contribution in [3.63, 3.8) is 0 Å². The average Bonchev–Trinajstić information content (AvgIpc) is 2.83. The standard InChI is InChI=1S/C24H29F3N2O5S/c1-33-15-14-29(23(30)28-20-7-3-2-4-8-20)17-18-10-12-21(13-11-18)34-35(31,32)22-9-5-6-19(16-22)24(25,26)27/h5-6,9-13,16,20H,2-4,7-8,14-15,17H2,1H3,(H,28,30). The second kappa shape index (κ2) is 11.8. The van der Waals surface area contributed by atoms with Gasteiger partial charge in [0.1, 0.15) is 10.6 Å². The fourth-order valence-corrected chi connectivity index (χ4v) is 4.82. The van der Waals surface area contributed by atoms with Crippen LogP contribution >= 0.6 is 0 Å². The summed E-state index contributed by atoms with van der Waals surface area (Å²) in [6, 6.07) is 9.32. The molecule has 7 nitrogen and oxygen atoms in total. The van der Waals surface area contributed by atoms with E-state index in [0.717, 1.165) is 49.4 Å². The zero-order chi connectivity index (χ0) is 25.5. The molecule has 0 radical (unpaired) electrons. The van der Waals surface area contributed by atoms with Crippen molar-refractivity contribution in [3.05, 3.63) is 59.7 Å². The van der Waals surface area contributed by atoms with Gasteiger partial charge >= 0.3 is 22.3 Å². The van der Waals surface area contributed by atoms with Crippen molar-refractivity contribution in [2.45, 2.75) is 55.8 Å². The van der Waals surface area contributed by atoms with Gasteiger partial charge in [0.2, 0.25) is 0 Å². The van der Waals surface area contributed by atoms with E-state index in [0.29, 0.717) is 19.2 Å². The van der Waals surface area contributed by atoms with Crippen molar-refractivity contribution in [1.29, 1.82) is 0 Å². The Bertz CT molecular complexity index is 1090. The van der Waals surface area contributed by atoms with Crippen LogP contribution in [0.2, 0.25) is 0 Å². The summed E-state index contributed by atoms with van der Waals surface area (Å²) in [7, 11) is -2.92. The van der Waals surface area contributed by atoms with E-state index in [4.69, 9.17) is 8.92 Å². The molecule has 2 aromatic rings. The number of rotatable bonds is 9. The normalized spacial score (nSPS) is 15.0. The number of amides is 2. The van der Waals surface area contributed by atoms with Gasteiger partial charge in [0.05, 0.1) is 12.2 Å². The van der Waals surface area contributed by atoms with E-state index in [1.807, 2.05) is 0 Å². The van der Waals surface area contributed by atoms with E-state index in [1.165, 1.54) is 18.6 Å². The number of carbonyl (C=O) groups excluding carboxylic acids is 1. The second-order valence-electron chi connectivity index (χ2n) is 8.41. The van der Waals surface area contributed by atoms with Gasteiger partial charge in [-0.1, -0.05) is 37.5 Å². The molecule has 0 heterocycles. The maximum atomic E-state index is 12.9. The van der Waals surface area contributed by atoms with Crippen LogP contribution in [0.15, 0.2) is 53.4 Å². The van der Waals surface area contributed by atoms with Gasteiger partial charge < -0.3 is 19.1 Å². The smallest absolute Gasteiger partial charge is 0.383 e. The molecule has 1 fully saturated rings. The Balaban J connectivity index is 1.66. The number of nitrogens with one attached hydrogen (secondary N) is 1. The zero-order valence-electron chi connectivity index (χ0n) is 19.4. The minimum atomic E-state index is -4.68. The number of methoxy groups -OCH3 is 1. The summed E-state index contributed by atoms with van der Waals surface area (Å²) < 4.78 is 73.9. The minimum absolute atomic E-state index is 0.0544. The minimum Gasteiger partial charge on any atom is -0.383 e. The summed E-state index contributed by atoms with van der Waals surface area (Å²) in [5.74, 6) is -0.0544. The van der Waals surface area contributed by atoms with E-state index >= 15 is 0 Å². The number of carbonyl (C=O) groups is 1. The van der Waals surface area contributed by atoms with Crippen LogP contribution in [-0.4, -0.2) is 45.7 Å². The summed E-state index contributed by atoms with van der Waals surface area (Å²) in [6.45, 7) is 0.994. The monoisotopic (exact) mass is 514 g/mol. The first kappa shape index (κ1) is 26.8. The second-order valence-corrected chi connectivity index (χ2v) is 9.95. The molecule has 1 aliphatic rings. The third-order valence-electron chi connectivity index (χ3n) is 5.74. The Morgan fingerprint density at radius 1 is 1.09 bits per heavy atom. The fourth-order valence-electron chi connectivity index (χ4n) is 3.84. The maximum absolute atomic E-state index is 12.9. The number of alkyl halides is 3. The van der Waals surface area contributed by atoms with E-state index in [2.05, 4.69) is 5.32 Å². The summed E-state index contributed by atoms with van der Waals surface area (Å²) >= 11 is 0. The molecule has 2 aromatic carbocycles. The topological polar surface area (TPSA) is 84.9 Å². The SMILES string of the molecule is COCCN(Cc1ccc(OS(=O)(=O)c2cccc(C(F)(F)F)c2)cc1)C(=O)NC1CCCCC1. The third kappa shape index (κ3) is 7.86. The highest BCUT2D eigenvalue weighted by atomic mass is 32.2. The highest BCUT2D eigenvalue weighted by molar-refractivity contribution is 7.87. The quantitative estimate of drug-likeness (QED) is 0.478. The van der Waals surface area contributed by atoms with Crippen LogP contribution in [-0.2, 0) is 27.6 Å². The van der Waals surface area contributed by atoms with Gasteiger partial charge in [-0.2, -0.15) is 21.6 Å². The first-order valence-corrected chi connectivity index (χ1v) is 12.7. The molecule has 192 valence electrons. The van der Waals surface area contributed by atoms with Gasteiger partial charge in [0.25, 0.3) is 0 Å². The number of ether oxygens (including phenoxy) is 1. The summed E-state index contributed by atoms with van der Waals surface area (Å²) in [6.07, 6.45) is 0.594. The summed E-state index contributed by atoms with van der Waals surface area (Å²) in [5, 5.41) is 3.07. The Morgan fingerprint density at radius 2 is 1.77 bits per heavy atom. The molecule has 35 heavy (non-hydrogen) atoms. The van der Waals surface area contributed by atoms with Gasteiger partial charge in [0, 0.05) is 26.2 Å². The Hall–Kier alpha value is -2.79. The molecule has 0 aromatic heterocycles. The molecule has 3 rings (SSSR count). The van der Waals surface area contributed by atoms with Crippen molar-refractivity contribution < 1.29 is 35.3 Å². The van der Waals surface area contributed by atoms with E-state index in [9.17, 15) is 26.4 Å². The van der Waals surface area contributed by atoms with Gasteiger partial charge in [-0.3, -0.25) is 0 Å². The van der Waals surface area contributed by atoms with E-state index in [1.54, 1.807) is 24.1 Å². The van der Waals surface area contributed by atoms with Gasteiger partial charge in [0.15, 0.2) is 0 Å². The molecule has 2 amide bonds. The van der Waals surface area contributed by atoms with Crippen LogP contribution in [0.1, 0.15) is 43.2 Å². The van der Waals surface area contributed by atoms with Crippen molar-refractivity contribution in [3.8, 4) is 5.75 Å². The Morgan fingerprint density at radius 3 is 2.40 bits per heavy atom. The Kier molecular flexibility index (Phi) is 9.01. The first-order valence-electron chi connectivity index (χ1n) is 11.3. The Labute approximate surface area is 203 Å². The lowest BCUT2D eigenvalue weighted by molar-refractivity contribution is -0.137. The van der Waals surface area contributed by atoms with Gasteiger partial charge in [-0.25, -0.2) is 4.79 Å². The predicted octanol–water partition coefficient (Wildman–Crippen LogP) is 4.96. The molecule has 0 unspecified atom stereocenters. The molecule has 0 spiro atoms. The van der Waals surface area contributed by atoms with Crippen molar-refractivity contribution >= 4 is 16.1 Å². The third-order valence-corrected chi connectivity index (χ3v) is 6.98. The van der Waals surface area contributed by atoms with E-state index in [-0.39, 0.29) is 24.4 Å². The number of hydrogen-bond donors (Lipinski definition) is 1. The first-order chi connectivity index (χ1) is 16.6.